The Balaban J connectivity index is 1.76. The molecule has 28 heavy (non-hydrogen) atoms. The topological polar surface area (TPSA) is 92.5 Å². The van der Waals surface area contributed by atoms with Crippen molar-refractivity contribution in [3.05, 3.63) is 76.1 Å². The number of carbonyl (C=O) groups is 1. The van der Waals surface area contributed by atoms with Gasteiger partial charge in [0.2, 0.25) is 0 Å². The summed E-state index contributed by atoms with van der Waals surface area (Å²) in [5, 5.41) is 3.87. The van der Waals surface area contributed by atoms with E-state index in [0.29, 0.717) is 22.7 Å². The van der Waals surface area contributed by atoms with Crippen LogP contribution in [0.1, 0.15) is 21.8 Å². The Labute approximate surface area is 171 Å². The Morgan fingerprint density at radius 2 is 1.89 bits per heavy atom. The molecule has 3 rings (SSSR count). The second-order valence-electron chi connectivity index (χ2n) is 6.23. The lowest BCUT2D eigenvalue weighted by Gasteiger charge is -2.16. The van der Waals surface area contributed by atoms with Crippen LogP contribution in [0, 0.1) is 6.92 Å². The molecule has 146 valence electrons. The van der Waals surface area contributed by atoms with Crippen LogP contribution < -0.4 is 4.72 Å². The Kier molecular flexibility index (Phi) is 5.85. The molecule has 1 amide bonds. The first-order valence-corrected chi connectivity index (χ1v) is 10.6. The van der Waals surface area contributed by atoms with Crippen LogP contribution in [-0.4, -0.2) is 31.4 Å². The highest BCUT2D eigenvalue weighted by Crippen LogP contribution is 2.20. The fourth-order valence-corrected chi connectivity index (χ4v) is 3.89. The number of halogens is 1. The monoisotopic (exact) mass is 463 g/mol. The zero-order chi connectivity index (χ0) is 20.3. The van der Waals surface area contributed by atoms with Gasteiger partial charge in [0.25, 0.3) is 15.9 Å². The lowest BCUT2D eigenvalue weighted by atomic mass is 10.2. The van der Waals surface area contributed by atoms with Crippen LogP contribution in [0.25, 0.3) is 0 Å². The minimum atomic E-state index is -3.76. The maximum absolute atomic E-state index is 12.7. The molecule has 0 aliphatic rings. The number of nitrogens with one attached hydrogen (secondary N) is 1. The van der Waals surface area contributed by atoms with Crippen LogP contribution in [0.4, 0.5) is 5.69 Å². The molecule has 1 heterocycles. The summed E-state index contributed by atoms with van der Waals surface area (Å²) in [6, 6.07) is 14.4. The van der Waals surface area contributed by atoms with Crippen molar-refractivity contribution in [3.63, 3.8) is 0 Å². The van der Waals surface area contributed by atoms with Gasteiger partial charge in [0.15, 0.2) is 0 Å². The van der Waals surface area contributed by atoms with E-state index in [0.717, 1.165) is 4.47 Å². The third kappa shape index (κ3) is 4.79. The van der Waals surface area contributed by atoms with Crippen LogP contribution >= 0.6 is 15.9 Å². The molecule has 2 aromatic carbocycles. The number of rotatable bonds is 6. The number of anilines is 1. The first kappa shape index (κ1) is 20.1. The SMILES string of the molecule is Cc1cc(CN(C)C(=O)c2cccc(NS(=O)(=O)c3ccc(Br)cc3)c2)no1. The Hall–Kier alpha value is -2.65. The van der Waals surface area contributed by atoms with Crippen LogP contribution in [0.15, 0.2) is 68.5 Å². The molecule has 1 N–H and O–H groups in total. The van der Waals surface area contributed by atoms with E-state index in [4.69, 9.17) is 4.52 Å². The molecule has 3 aromatic rings. The summed E-state index contributed by atoms with van der Waals surface area (Å²) in [6.45, 7) is 2.06. The molecule has 0 spiro atoms. The van der Waals surface area contributed by atoms with Gasteiger partial charge < -0.3 is 9.42 Å². The van der Waals surface area contributed by atoms with E-state index in [9.17, 15) is 13.2 Å². The number of hydrogen-bond acceptors (Lipinski definition) is 5. The summed E-state index contributed by atoms with van der Waals surface area (Å²) in [7, 11) is -2.11. The molecule has 0 atom stereocenters. The van der Waals surface area contributed by atoms with Gasteiger partial charge in [0.05, 0.1) is 11.4 Å². The lowest BCUT2D eigenvalue weighted by molar-refractivity contribution is 0.0782. The highest BCUT2D eigenvalue weighted by Gasteiger charge is 2.17. The number of hydrogen-bond donors (Lipinski definition) is 1. The molecule has 0 radical (unpaired) electrons. The number of amides is 1. The van der Waals surface area contributed by atoms with Crippen molar-refractivity contribution in [3.8, 4) is 0 Å². The summed E-state index contributed by atoms with van der Waals surface area (Å²) < 4.78 is 33.4. The van der Waals surface area contributed by atoms with Crippen LogP contribution in [0.2, 0.25) is 0 Å². The predicted octanol–water partition coefficient (Wildman–Crippen LogP) is 3.82. The average molecular weight is 464 g/mol. The number of carbonyl (C=O) groups excluding carboxylic acids is 1. The second kappa shape index (κ2) is 8.15. The molecule has 0 unspecified atom stereocenters. The minimum absolute atomic E-state index is 0.131. The summed E-state index contributed by atoms with van der Waals surface area (Å²) in [6.07, 6.45) is 0. The van der Waals surface area contributed by atoms with E-state index >= 15 is 0 Å². The number of aromatic nitrogens is 1. The molecule has 0 aliphatic carbocycles. The van der Waals surface area contributed by atoms with Gasteiger partial charge in [0.1, 0.15) is 11.5 Å². The van der Waals surface area contributed by atoms with Gasteiger partial charge in [-0.15, -0.1) is 0 Å². The smallest absolute Gasteiger partial charge is 0.261 e. The number of nitrogens with zero attached hydrogens (tertiary/aromatic N) is 2. The highest BCUT2D eigenvalue weighted by molar-refractivity contribution is 9.10. The molecule has 1 aromatic heterocycles. The third-order valence-electron chi connectivity index (χ3n) is 3.91. The van der Waals surface area contributed by atoms with Gasteiger partial charge >= 0.3 is 0 Å². The highest BCUT2D eigenvalue weighted by atomic mass is 79.9. The van der Waals surface area contributed by atoms with E-state index in [-0.39, 0.29) is 17.3 Å². The van der Waals surface area contributed by atoms with E-state index in [1.54, 1.807) is 50.4 Å². The van der Waals surface area contributed by atoms with E-state index in [1.165, 1.54) is 23.1 Å². The first-order valence-electron chi connectivity index (χ1n) is 8.31. The molecular formula is C19H18BrN3O4S. The summed E-state index contributed by atoms with van der Waals surface area (Å²) in [5.41, 5.74) is 1.30. The van der Waals surface area contributed by atoms with Crippen LogP contribution in [0.5, 0.6) is 0 Å². The van der Waals surface area contributed by atoms with Crippen LogP contribution in [-0.2, 0) is 16.6 Å². The number of sulfonamides is 1. The Morgan fingerprint density at radius 1 is 1.18 bits per heavy atom. The maximum atomic E-state index is 12.7. The van der Waals surface area contributed by atoms with E-state index in [2.05, 4.69) is 25.8 Å². The molecule has 0 saturated carbocycles. The standard InChI is InChI=1S/C19H18BrN3O4S/c1-13-10-17(21-27-13)12-23(2)19(24)14-4-3-5-16(11-14)22-28(25,26)18-8-6-15(20)7-9-18/h3-11,22H,12H2,1-2H3. The first-order chi connectivity index (χ1) is 13.2. The van der Waals surface area contributed by atoms with Gasteiger partial charge in [-0.3, -0.25) is 9.52 Å². The molecule has 0 fully saturated rings. The van der Waals surface area contributed by atoms with Gasteiger partial charge in [-0.2, -0.15) is 0 Å². The largest absolute Gasteiger partial charge is 0.361 e. The average Bonchev–Trinajstić information content (AvgIpc) is 3.06. The molecular weight excluding hydrogens is 446 g/mol. The van der Waals surface area contributed by atoms with Crippen LogP contribution in [0.3, 0.4) is 0 Å². The Morgan fingerprint density at radius 3 is 2.54 bits per heavy atom. The zero-order valence-electron chi connectivity index (χ0n) is 15.2. The van der Waals surface area contributed by atoms with Gasteiger partial charge in [-0.1, -0.05) is 27.2 Å². The summed E-state index contributed by atoms with van der Waals surface area (Å²) in [5.74, 6) is 0.408. The van der Waals surface area contributed by atoms with Crippen molar-refractivity contribution in [1.29, 1.82) is 0 Å². The predicted molar refractivity (Wildman–Crippen MR) is 108 cm³/mol. The molecule has 0 aliphatic heterocycles. The summed E-state index contributed by atoms with van der Waals surface area (Å²) >= 11 is 3.28. The van der Waals surface area contributed by atoms with Crippen molar-refractivity contribution in [2.24, 2.45) is 0 Å². The maximum Gasteiger partial charge on any atom is 0.261 e. The van der Waals surface area contributed by atoms with Crippen molar-refractivity contribution < 1.29 is 17.7 Å². The summed E-state index contributed by atoms with van der Waals surface area (Å²) in [4.78, 5) is 14.3. The fraction of sp³-hybridized carbons (Fsp3) is 0.158. The van der Waals surface area contributed by atoms with Gasteiger partial charge in [-0.05, 0) is 49.4 Å². The van der Waals surface area contributed by atoms with Crippen molar-refractivity contribution in [2.45, 2.75) is 18.4 Å². The van der Waals surface area contributed by atoms with Crippen molar-refractivity contribution >= 4 is 37.5 Å². The van der Waals surface area contributed by atoms with E-state index < -0.39 is 10.0 Å². The quantitative estimate of drug-likeness (QED) is 0.599. The minimum Gasteiger partial charge on any atom is -0.361 e. The normalized spacial score (nSPS) is 11.2. The van der Waals surface area contributed by atoms with Gasteiger partial charge in [0, 0.05) is 28.8 Å². The van der Waals surface area contributed by atoms with Crippen molar-refractivity contribution in [1.82, 2.24) is 10.1 Å². The Bertz CT molecular complexity index is 1090. The lowest BCUT2D eigenvalue weighted by Crippen LogP contribution is -2.26. The van der Waals surface area contributed by atoms with E-state index in [1.807, 2.05) is 0 Å². The fourth-order valence-electron chi connectivity index (χ4n) is 2.57. The molecule has 0 saturated heterocycles. The second-order valence-corrected chi connectivity index (χ2v) is 8.83. The molecule has 0 bridgehead atoms. The van der Waals surface area contributed by atoms with Gasteiger partial charge in [-0.25, -0.2) is 8.42 Å². The molecule has 7 nitrogen and oxygen atoms in total. The molecule has 9 heteroatoms. The number of aryl methyl sites for hydroxylation is 1. The van der Waals surface area contributed by atoms with Crippen molar-refractivity contribution in [2.75, 3.05) is 11.8 Å². The zero-order valence-corrected chi connectivity index (χ0v) is 17.6. The number of benzene rings is 2. The third-order valence-corrected chi connectivity index (χ3v) is 5.83.